The Morgan fingerprint density at radius 2 is 1.64 bits per heavy atom. The molecule has 0 heterocycles. The zero-order chi connectivity index (χ0) is 15.9. The van der Waals surface area contributed by atoms with E-state index in [-0.39, 0.29) is 18.9 Å². The zero-order valence-electron chi connectivity index (χ0n) is 11.7. The predicted octanol–water partition coefficient (Wildman–Crippen LogP) is 3.13. The van der Waals surface area contributed by atoms with E-state index in [0.717, 1.165) is 5.69 Å². The highest BCUT2D eigenvalue weighted by molar-refractivity contribution is 6.30. The Bertz CT molecular complexity index is 671. The monoisotopic (exact) mass is 318 g/mol. The van der Waals surface area contributed by atoms with Crippen molar-refractivity contribution in [3.63, 3.8) is 0 Å². The van der Waals surface area contributed by atoms with E-state index in [2.05, 4.69) is 10.6 Å². The van der Waals surface area contributed by atoms with Crippen LogP contribution in [0.2, 0.25) is 5.02 Å². The van der Waals surface area contributed by atoms with E-state index in [1.165, 1.54) is 0 Å². The van der Waals surface area contributed by atoms with Gasteiger partial charge in [-0.3, -0.25) is 9.59 Å². The Kier molecular flexibility index (Phi) is 5.38. The Morgan fingerprint density at radius 3 is 2.32 bits per heavy atom. The zero-order valence-corrected chi connectivity index (χ0v) is 12.4. The van der Waals surface area contributed by atoms with Crippen molar-refractivity contribution >= 4 is 34.7 Å². The summed E-state index contributed by atoms with van der Waals surface area (Å²) in [6.45, 7) is -0.137. The predicted molar refractivity (Wildman–Crippen MR) is 86.8 cm³/mol. The highest BCUT2D eigenvalue weighted by Crippen LogP contribution is 2.17. The molecule has 0 radical (unpaired) electrons. The first-order valence-electron chi connectivity index (χ1n) is 6.63. The van der Waals surface area contributed by atoms with E-state index in [0.29, 0.717) is 16.3 Å². The molecule has 2 rings (SSSR count). The lowest BCUT2D eigenvalue weighted by atomic mass is 10.1. The average Bonchev–Trinajstić information content (AvgIpc) is 2.52. The molecule has 0 bridgehead atoms. The number of halogens is 1. The van der Waals surface area contributed by atoms with E-state index in [1.807, 2.05) is 0 Å². The van der Waals surface area contributed by atoms with Crippen LogP contribution in [0.15, 0.2) is 48.5 Å². The van der Waals surface area contributed by atoms with Gasteiger partial charge in [0.25, 0.3) is 0 Å². The van der Waals surface area contributed by atoms with E-state index in [1.54, 1.807) is 48.5 Å². The molecule has 0 fully saturated rings. The maximum atomic E-state index is 12.3. The molecule has 0 unspecified atom stereocenters. The van der Waals surface area contributed by atoms with E-state index in [9.17, 15) is 9.59 Å². The number of hydrogen-bond acceptors (Lipinski definition) is 4. The van der Waals surface area contributed by atoms with Gasteiger partial charge in [-0.05, 0) is 36.4 Å². The minimum Gasteiger partial charge on any atom is -0.480 e. The van der Waals surface area contributed by atoms with Crippen LogP contribution in [0.5, 0.6) is 0 Å². The fourth-order valence-corrected chi connectivity index (χ4v) is 2.02. The Labute approximate surface area is 132 Å². The van der Waals surface area contributed by atoms with Crippen molar-refractivity contribution in [2.24, 2.45) is 0 Å². The van der Waals surface area contributed by atoms with Crippen molar-refractivity contribution in [1.82, 2.24) is 0 Å². The van der Waals surface area contributed by atoms with Crippen molar-refractivity contribution < 1.29 is 14.7 Å². The van der Waals surface area contributed by atoms with Crippen molar-refractivity contribution in [1.29, 1.82) is 0 Å². The summed E-state index contributed by atoms with van der Waals surface area (Å²) in [4.78, 5) is 22.9. The molecular formula is C16H15ClN2O3. The molecule has 6 heteroatoms. The Hall–Kier alpha value is -2.53. The molecule has 22 heavy (non-hydrogen) atoms. The van der Waals surface area contributed by atoms with Gasteiger partial charge in [-0.2, -0.15) is 0 Å². The minimum atomic E-state index is -0.985. The Morgan fingerprint density at radius 1 is 0.955 bits per heavy atom. The second-order valence-corrected chi connectivity index (χ2v) is 5.01. The molecule has 0 saturated heterocycles. The summed E-state index contributed by atoms with van der Waals surface area (Å²) in [6, 6.07) is 13.9. The molecule has 0 saturated carbocycles. The maximum Gasteiger partial charge on any atom is 0.322 e. The van der Waals surface area contributed by atoms with E-state index < -0.39 is 5.97 Å². The summed E-state index contributed by atoms with van der Waals surface area (Å²) in [6.07, 6.45) is 0. The van der Waals surface area contributed by atoms with Crippen molar-refractivity contribution in [3.8, 4) is 0 Å². The molecule has 0 aromatic heterocycles. The summed E-state index contributed by atoms with van der Waals surface area (Å²) < 4.78 is 0. The molecule has 114 valence electrons. The number of para-hydroxylation sites is 1. The van der Waals surface area contributed by atoms with Crippen LogP contribution in [-0.4, -0.2) is 29.9 Å². The van der Waals surface area contributed by atoms with Crippen LogP contribution >= 0.6 is 11.6 Å². The lowest BCUT2D eigenvalue weighted by molar-refractivity contribution is -0.134. The van der Waals surface area contributed by atoms with E-state index in [4.69, 9.17) is 16.7 Å². The molecule has 3 N–H and O–H groups in total. The third-order valence-electron chi connectivity index (χ3n) is 2.95. The van der Waals surface area contributed by atoms with Gasteiger partial charge in [0.05, 0.1) is 6.54 Å². The number of anilines is 2. The summed E-state index contributed by atoms with van der Waals surface area (Å²) in [5.74, 6) is -1.12. The first-order chi connectivity index (χ1) is 10.6. The number of nitrogens with one attached hydrogen (secondary N) is 2. The van der Waals surface area contributed by atoms with Crippen LogP contribution < -0.4 is 10.6 Å². The summed E-state index contributed by atoms with van der Waals surface area (Å²) in [5, 5.41) is 15.1. The highest BCUT2D eigenvalue weighted by atomic mass is 35.5. The van der Waals surface area contributed by atoms with Crippen molar-refractivity contribution in [3.05, 3.63) is 59.1 Å². The quantitative estimate of drug-likeness (QED) is 0.684. The maximum absolute atomic E-state index is 12.3. The van der Waals surface area contributed by atoms with Gasteiger partial charge in [-0.25, -0.2) is 0 Å². The topological polar surface area (TPSA) is 78.4 Å². The summed E-state index contributed by atoms with van der Waals surface area (Å²) >= 11 is 5.80. The number of carboxylic acids is 1. The van der Waals surface area contributed by atoms with Gasteiger partial charge in [0.2, 0.25) is 0 Å². The lowest BCUT2D eigenvalue weighted by Gasteiger charge is -2.11. The number of carbonyl (C=O) groups is 2. The molecule has 0 aliphatic carbocycles. The first-order valence-corrected chi connectivity index (χ1v) is 7.01. The molecule has 0 atom stereocenters. The Balaban J connectivity index is 2.02. The first kappa shape index (κ1) is 15.9. The van der Waals surface area contributed by atoms with Crippen LogP contribution in [0.1, 0.15) is 10.4 Å². The molecular weight excluding hydrogens is 304 g/mol. The number of hydrogen-bond donors (Lipinski definition) is 3. The molecule has 0 aliphatic rings. The number of rotatable bonds is 7. The van der Waals surface area contributed by atoms with Crippen molar-refractivity contribution in [2.45, 2.75) is 0 Å². The molecule has 0 amide bonds. The number of benzene rings is 2. The van der Waals surface area contributed by atoms with Gasteiger partial charge >= 0.3 is 5.97 Å². The average molecular weight is 319 g/mol. The van der Waals surface area contributed by atoms with Crippen LogP contribution in [0, 0.1) is 0 Å². The highest BCUT2D eigenvalue weighted by Gasteiger charge is 2.11. The summed E-state index contributed by atoms with van der Waals surface area (Å²) in [7, 11) is 0. The second-order valence-electron chi connectivity index (χ2n) is 4.58. The third kappa shape index (κ3) is 4.49. The lowest BCUT2D eigenvalue weighted by Crippen LogP contribution is -2.18. The standard InChI is InChI=1S/C16H15ClN2O3/c17-11-5-7-12(8-6-11)18-9-15(20)13-3-1-2-4-14(13)19-10-16(21)22/h1-8,18-19H,9-10H2,(H,21,22). The fourth-order valence-electron chi connectivity index (χ4n) is 1.90. The van der Waals surface area contributed by atoms with Gasteiger partial charge in [0.15, 0.2) is 5.78 Å². The normalized spacial score (nSPS) is 10.0. The largest absolute Gasteiger partial charge is 0.480 e. The molecule has 0 aliphatic heterocycles. The third-order valence-corrected chi connectivity index (χ3v) is 3.21. The van der Waals surface area contributed by atoms with Gasteiger partial charge in [-0.15, -0.1) is 0 Å². The number of carboxylic acid groups (broad SMARTS) is 1. The van der Waals surface area contributed by atoms with Gasteiger partial charge in [-0.1, -0.05) is 23.7 Å². The van der Waals surface area contributed by atoms with Gasteiger partial charge < -0.3 is 15.7 Å². The van der Waals surface area contributed by atoms with Crippen LogP contribution in [0.25, 0.3) is 0 Å². The smallest absolute Gasteiger partial charge is 0.322 e. The van der Waals surface area contributed by atoms with E-state index >= 15 is 0 Å². The molecule has 0 spiro atoms. The second kappa shape index (κ2) is 7.47. The minimum absolute atomic E-state index is 0.105. The van der Waals surface area contributed by atoms with Crippen LogP contribution in [0.4, 0.5) is 11.4 Å². The molecule has 5 nitrogen and oxygen atoms in total. The number of carbonyl (C=O) groups excluding carboxylic acids is 1. The number of aliphatic carboxylic acids is 1. The van der Waals surface area contributed by atoms with Gasteiger partial charge in [0, 0.05) is 22.0 Å². The summed E-state index contributed by atoms with van der Waals surface area (Å²) in [5.41, 5.74) is 1.74. The van der Waals surface area contributed by atoms with Crippen LogP contribution in [-0.2, 0) is 4.79 Å². The fraction of sp³-hybridized carbons (Fsp3) is 0.125. The van der Waals surface area contributed by atoms with Gasteiger partial charge in [0.1, 0.15) is 6.54 Å². The molecule has 2 aromatic carbocycles. The number of ketones is 1. The SMILES string of the molecule is O=C(O)CNc1ccccc1C(=O)CNc1ccc(Cl)cc1. The van der Waals surface area contributed by atoms with Crippen molar-refractivity contribution in [2.75, 3.05) is 23.7 Å². The number of Topliss-reactive ketones (excluding diaryl/α,β-unsaturated/α-hetero) is 1. The molecule has 2 aromatic rings. The van der Waals surface area contributed by atoms with Crippen LogP contribution in [0.3, 0.4) is 0 Å².